The Bertz CT molecular complexity index is 183. The molecule has 0 saturated carbocycles. The van der Waals surface area contributed by atoms with Crippen LogP contribution in [0, 0.1) is 0 Å². The maximum atomic E-state index is 8.77. The van der Waals surface area contributed by atoms with Crippen LogP contribution in [0.2, 0.25) is 0 Å². The number of aliphatic hydroxyl groups excluding tert-OH is 3. The molecule has 17 heavy (non-hydrogen) atoms. The molecule has 10 heteroatoms. The summed E-state index contributed by atoms with van der Waals surface area (Å²) in [6.45, 7) is 2.03. The standard InChI is InChI=1S/C7H18NO3.H3O4P.H2O/c1-8(2-5-9,3-6-10)4-7-11;1-5(2,3)4;/h9-11H,2-7H2,1H3;(H3,1,2,3,4);1H2/q+1;;/p-1. The third-order valence-electron chi connectivity index (χ3n) is 1.92. The first-order chi connectivity index (χ1) is 7.18. The molecular weight excluding hydrogens is 257 g/mol. The minimum atomic E-state index is -4.89. The van der Waals surface area contributed by atoms with Crippen LogP contribution in [0.3, 0.4) is 0 Å². The third-order valence-corrected chi connectivity index (χ3v) is 1.92. The molecule has 108 valence electrons. The van der Waals surface area contributed by atoms with Gasteiger partial charge in [0.15, 0.2) is 0 Å². The monoisotopic (exact) mass is 279 g/mol. The van der Waals surface area contributed by atoms with Crippen molar-refractivity contribution in [3.63, 3.8) is 0 Å². The Kier molecular flexibility index (Phi) is 14.3. The molecule has 0 radical (unpaired) electrons. The maximum Gasteiger partial charge on any atom is 0.262 e. The Morgan fingerprint density at radius 2 is 1.18 bits per heavy atom. The molecule has 0 unspecified atom stereocenters. The number of aliphatic hydroxyl groups is 3. The quantitative estimate of drug-likeness (QED) is 0.243. The van der Waals surface area contributed by atoms with E-state index in [2.05, 4.69) is 0 Å². The van der Waals surface area contributed by atoms with E-state index in [0.29, 0.717) is 24.1 Å². The molecule has 0 aliphatic carbocycles. The summed E-state index contributed by atoms with van der Waals surface area (Å²) in [6.07, 6.45) is 0. The summed E-state index contributed by atoms with van der Waals surface area (Å²) < 4.78 is 9.30. The van der Waals surface area contributed by atoms with Crippen molar-refractivity contribution in [1.82, 2.24) is 0 Å². The van der Waals surface area contributed by atoms with E-state index in [1.165, 1.54) is 0 Å². The molecule has 0 aliphatic rings. The minimum Gasteiger partial charge on any atom is -0.756 e. The molecule has 0 aromatic heterocycles. The lowest BCUT2D eigenvalue weighted by molar-refractivity contribution is -0.910. The first-order valence-corrected chi connectivity index (χ1v) is 6.14. The number of phosphoric acid groups is 1. The highest BCUT2D eigenvalue weighted by molar-refractivity contribution is 7.43. The highest BCUT2D eigenvalue weighted by Crippen LogP contribution is 2.18. The number of hydrogen-bond acceptors (Lipinski definition) is 5. The lowest BCUT2D eigenvalue weighted by Gasteiger charge is -2.32. The van der Waals surface area contributed by atoms with Crippen molar-refractivity contribution < 1.29 is 44.5 Å². The average Bonchev–Trinajstić information content (AvgIpc) is 2.01. The number of nitrogens with zero attached hydrogens (tertiary/aromatic N) is 1. The van der Waals surface area contributed by atoms with E-state index in [4.69, 9.17) is 34.6 Å². The van der Waals surface area contributed by atoms with Gasteiger partial charge in [-0.3, -0.25) is 4.57 Å². The van der Waals surface area contributed by atoms with Crippen molar-refractivity contribution in [2.75, 3.05) is 46.5 Å². The van der Waals surface area contributed by atoms with Gasteiger partial charge in [-0.25, -0.2) is 0 Å². The van der Waals surface area contributed by atoms with E-state index in [1.807, 2.05) is 7.05 Å². The molecule has 0 aromatic rings. The van der Waals surface area contributed by atoms with Crippen LogP contribution in [-0.2, 0) is 4.57 Å². The molecule has 0 amide bonds. The summed E-state index contributed by atoms with van der Waals surface area (Å²) in [5, 5.41) is 26.0. The van der Waals surface area contributed by atoms with Crippen LogP contribution in [0.15, 0.2) is 0 Å². The van der Waals surface area contributed by atoms with Crippen molar-refractivity contribution in [3.05, 3.63) is 0 Å². The fraction of sp³-hybridized carbons (Fsp3) is 1.00. The second kappa shape index (κ2) is 11.0. The molecule has 0 spiro atoms. The van der Waals surface area contributed by atoms with Crippen LogP contribution in [0.4, 0.5) is 0 Å². The summed E-state index contributed by atoms with van der Waals surface area (Å²) in [4.78, 5) is 22.9. The maximum absolute atomic E-state index is 8.77. The van der Waals surface area contributed by atoms with Crippen molar-refractivity contribution in [2.45, 2.75) is 0 Å². The fourth-order valence-electron chi connectivity index (χ4n) is 1.06. The number of hydrogen-bond donors (Lipinski definition) is 5. The molecule has 7 N–H and O–H groups in total. The zero-order chi connectivity index (χ0) is 13.2. The molecule has 0 heterocycles. The highest BCUT2D eigenvalue weighted by Gasteiger charge is 2.18. The molecular formula is C7H22NO8P. The number of rotatable bonds is 6. The van der Waals surface area contributed by atoms with Crippen LogP contribution in [0.1, 0.15) is 0 Å². The largest absolute Gasteiger partial charge is 0.756 e. The first-order valence-electron chi connectivity index (χ1n) is 4.61. The Morgan fingerprint density at radius 1 is 1.00 bits per heavy atom. The van der Waals surface area contributed by atoms with Crippen LogP contribution < -0.4 is 4.89 Å². The highest BCUT2D eigenvalue weighted by atomic mass is 31.2. The van der Waals surface area contributed by atoms with Crippen LogP contribution >= 0.6 is 7.82 Å². The van der Waals surface area contributed by atoms with E-state index in [1.54, 1.807) is 0 Å². The second-order valence-electron chi connectivity index (χ2n) is 3.45. The van der Waals surface area contributed by atoms with Crippen molar-refractivity contribution in [1.29, 1.82) is 0 Å². The topological polar surface area (TPSA) is 173 Å². The van der Waals surface area contributed by atoms with E-state index in [9.17, 15) is 0 Å². The van der Waals surface area contributed by atoms with Crippen molar-refractivity contribution in [3.8, 4) is 0 Å². The van der Waals surface area contributed by atoms with Gasteiger partial charge in [-0.1, -0.05) is 0 Å². The summed E-state index contributed by atoms with van der Waals surface area (Å²) in [7, 11) is -2.98. The van der Waals surface area contributed by atoms with Gasteiger partial charge in [-0.2, -0.15) is 0 Å². The number of likely N-dealkylation sites (N-methyl/N-ethyl adjacent to an activating group) is 1. The molecule has 0 aromatic carbocycles. The van der Waals surface area contributed by atoms with Gasteiger partial charge in [0.05, 0.1) is 26.9 Å². The van der Waals surface area contributed by atoms with Crippen LogP contribution in [-0.4, -0.2) is 81.6 Å². The third kappa shape index (κ3) is 21.7. The SMILES string of the molecule is C[N+](CCO)(CCO)CCO.O.O=P([O-])(O)O. The molecule has 0 aliphatic heterocycles. The predicted molar refractivity (Wildman–Crippen MR) is 57.7 cm³/mol. The van der Waals surface area contributed by atoms with E-state index < -0.39 is 7.82 Å². The lowest BCUT2D eigenvalue weighted by Crippen LogP contribution is -2.49. The zero-order valence-electron chi connectivity index (χ0n) is 9.69. The Balaban J connectivity index is -0.000000280. The van der Waals surface area contributed by atoms with Gasteiger partial charge in [-0.05, 0) is 0 Å². The summed E-state index contributed by atoms with van der Waals surface area (Å²) in [5.74, 6) is 0. The van der Waals surface area contributed by atoms with Gasteiger partial charge in [0, 0.05) is 0 Å². The van der Waals surface area contributed by atoms with Gasteiger partial charge in [0.25, 0.3) is 7.82 Å². The number of quaternary nitrogens is 1. The van der Waals surface area contributed by atoms with Crippen LogP contribution in [0.25, 0.3) is 0 Å². The first kappa shape index (κ1) is 22.1. The van der Waals surface area contributed by atoms with E-state index >= 15 is 0 Å². The average molecular weight is 279 g/mol. The van der Waals surface area contributed by atoms with Gasteiger partial charge < -0.3 is 40.0 Å². The van der Waals surface area contributed by atoms with E-state index in [0.717, 1.165) is 0 Å². The molecule has 0 rings (SSSR count). The minimum absolute atomic E-state index is 0. The molecule has 0 fully saturated rings. The van der Waals surface area contributed by atoms with Gasteiger partial charge in [-0.15, -0.1) is 0 Å². The zero-order valence-corrected chi connectivity index (χ0v) is 10.6. The Morgan fingerprint density at radius 3 is 1.29 bits per heavy atom. The molecule has 0 saturated heterocycles. The fourth-order valence-corrected chi connectivity index (χ4v) is 1.06. The van der Waals surface area contributed by atoms with Gasteiger partial charge in [0.2, 0.25) is 0 Å². The van der Waals surface area contributed by atoms with Crippen molar-refractivity contribution in [2.24, 2.45) is 0 Å². The normalized spacial score (nSPS) is 11.2. The summed E-state index contributed by atoms with van der Waals surface area (Å²) >= 11 is 0. The Hall–Kier alpha value is -0.0900. The van der Waals surface area contributed by atoms with E-state index in [-0.39, 0.29) is 25.3 Å². The second-order valence-corrected chi connectivity index (χ2v) is 4.43. The van der Waals surface area contributed by atoms with Crippen molar-refractivity contribution >= 4 is 7.82 Å². The molecule has 0 atom stereocenters. The van der Waals surface area contributed by atoms with Gasteiger partial charge in [0.1, 0.15) is 19.6 Å². The Labute approximate surface area is 99.7 Å². The lowest BCUT2D eigenvalue weighted by atomic mass is 10.4. The molecule has 9 nitrogen and oxygen atoms in total. The van der Waals surface area contributed by atoms with Gasteiger partial charge >= 0.3 is 0 Å². The summed E-state index contributed by atoms with van der Waals surface area (Å²) in [5.41, 5.74) is 0. The molecule has 0 bridgehead atoms. The van der Waals surface area contributed by atoms with Crippen LogP contribution in [0.5, 0.6) is 0 Å². The smallest absolute Gasteiger partial charge is 0.262 e. The summed E-state index contributed by atoms with van der Waals surface area (Å²) in [6, 6.07) is 0. The predicted octanol–water partition coefficient (Wildman–Crippen LogP) is -3.98.